The third-order valence-corrected chi connectivity index (χ3v) is 2.82. The SMILES string of the molecule is C#CC(C)N1CCNC(C)C1C. The van der Waals surface area contributed by atoms with Gasteiger partial charge in [0.05, 0.1) is 6.04 Å². The third kappa shape index (κ3) is 1.80. The molecular formula is C10H18N2. The zero-order chi connectivity index (χ0) is 9.14. The summed E-state index contributed by atoms with van der Waals surface area (Å²) in [4.78, 5) is 2.38. The zero-order valence-electron chi connectivity index (χ0n) is 8.17. The predicted molar refractivity (Wildman–Crippen MR) is 51.9 cm³/mol. The lowest BCUT2D eigenvalue weighted by Gasteiger charge is -2.40. The largest absolute Gasteiger partial charge is 0.311 e. The molecule has 3 atom stereocenters. The molecule has 12 heavy (non-hydrogen) atoms. The van der Waals surface area contributed by atoms with E-state index in [4.69, 9.17) is 6.42 Å². The van der Waals surface area contributed by atoms with Gasteiger partial charge in [-0.25, -0.2) is 0 Å². The van der Waals surface area contributed by atoms with Crippen molar-refractivity contribution in [3.8, 4) is 12.3 Å². The van der Waals surface area contributed by atoms with Crippen LogP contribution in [0.1, 0.15) is 20.8 Å². The molecule has 1 aliphatic heterocycles. The second-order valence-corrected chi connectivity index (χ2v) is 3.56. The van der Waals surface area contributed by atoms with E-state index in [1.54, 1.807) is 0 Å². The van der Waals surface area contributed by atoms with E-state index in [0.717, 1.165) is 13.1 Å². The summed E-state index contributed by atoms with van der Waals surface area (Å²) in [6.45, 7) is 8.65. The monoisotopic (exact) mass is 166 g/mol. The first-order valence-corrected chi connectivity index (χ1v) is 4.62. The number of hydrogen-bond donors (Lipinski definition) is 1. The summed E-state index contributed by atoms with van der Waals surface area (Å²) in [6, 6.07) is 1.36. The topological polar surface area (TPSA) is 15.3 Å². The molecule has 2 nitrogen and oxygen atoms in total. The van der Waals surface area contributed by atoms with Gasteiger partial charge in [0.15, 0.2) is 0 Å². The molecule has 0 bridgehead atoms. The van der Waals surface area contributed by atoms with E-state index in [-0.39, 0.29) is 6.04 Å². The first-order valence-electron chi connectivity index (χ1n) is 4.62. The van der Waals surface area contributed by atoms with E-state index < -0.39 is 0 Å². The molecule has 0 spiro atoms. The van der Waals surface area contributed by atoms with Gasteiger partial charge < -0.3 is 5.32 Å². The molecule has 68 valence electrons. The number of hydrogen-bond acceptors (Lipinski definition) is 2. The molecule has 1 heterocycles. The fourth-order valence-corrected chi connectivity index (χ4v) is 1.72. The van der Waals surface area contributed by atoms with Crippen LogP contribution in [0.2, 0.25) is 0 Å². The lowest BCUT2D eigenvalue weighted by Crippen LogP contribution is -2.57. The summed E-state index contributed by atoms with van der Waals surface area (Å²) in [5.41, 5.74) is 0. The van der Waals surface area contributed by atoms with Crippen LogP contribution in [0.3, 0.4) is 0 Å². The minimum atomic E-state index is 0.268. The Balaban J connectivity index is 2.58. The van der Waals surface area contributed by atoms with Gasteiger partial charge in [0.2, 0.25) is 0 Å². The summed E-state index contributed by atoms with van der Waals surface area (Å²) in [5.74, 6) is 2.78. The molecule has 1 rings (SSSR count). The van der Waals surface area contributed by atoms with Crippen LogP contribution in [-0.2, 0) is 0 Å². The molecule has 0 aromatic rings. The van der Waals surface area contributed by atoms with Gasteiger partial charge >= 0.3 is 0 Å². The van der Waals surface area contributed by atoms with E-state index in [1.165, 1.54) is 0 Å². The van der Waals surface area contributed by atoms with Crippen molar-refractivity contribution in [3.63, 3.8) is 0 Å². The van der Waals surface area contributed by atoms with Crippen molar-refractivity contribution in [2.45, 2.75) is 38.9 Å². The molecule has 1 saturated heterocycles. The first-order chi connectivity index (χ1) is 5.66. The van der Waals surface area contributed by atoms with Crippen LogP contribution in [0.5, 0.6) is 0 Å². The van der Waals surface area contributed by atoms with E-state index in [9.17, 15) is 0 Å². The van der Waals surface area contributed by atoms with Crippen LogP contribution in [0.4, 0.5) is 0 Å². The van der Waals surface area contributed by atoms with Crippen LogP contribution >= 0.6 is 0 Å². The van der Waals surface area contributed by atoms with Gasteiger partial charge in [-0.05, 0) is 20.8 Å². The van der Waals surface area contributed by atoms with E-state index >= 15 is 0 Å². The van der Waals surface area contributed by atoms with Crippen molar-refractivity contribution in [2.75, 3.05) is 13.1 Å². The van der Waals surface area contributed by atoms with E-state index in [1.807, 2.05) is 0 Å². The van der Waals surface area contributed by atoms with Gasteiger partial charge in [-0.2, -0.15) is 0 Å². The molecular weight excluding hydrogens is 148 g/mol. The predicted octanol–water partition coefficient (Wildman–Crippen LogP) is 0.690. The van der Waals surface area contributed by atoms with E-state index in [0.29, 0.717) is 12.1 Å². The standard InChI is InChI=1S/C10H18N2/c1-5-8(2)12-7-6-11-9(3)10(12)4/h1,8-11H,6-7H2,2-4H3. The molecule has 0 aliphatic carbocycles. The van der Waals surface area contributed by atoms with Crippen LogP contribution in [0, 0.1) is 12.3 Å². The maximum atomic E-state index is 5.40. The normalized spacial score (nSPS) is 34.2. The lowest BCUT2D eigenvalue weighted by atomic mass is 10.1. The average Bonchev–Trinajstić information content (AvgIpc) is 2.08. The quantitative estimate of drug-likeness (QED) is 0.577. The Morgan fingerprint density at radius 3 is 2.83 bits per heavy atom. The maximum Gasteiger partial charge on any atom is 0.0686 e. The van der Waals surface area contributed by atoms with Crippen molar-refractivity contribution < 1.29 is 0 Å². The highest BCUT2D eigenvalue weighted by Gasteiger charge is 2.26. The van der Waals surface area contributed by atoms with Crippen molar-refractivity contribution in [1.29, 1.82) is 0 Å². The second-order valence-electron chi connectivity index (χ2n) is 3.56. The summed E-state index contributed by atoms with van der Waals surface area (Å²) >= 11 is 0. The lowest BCUT2D eigenvalue weighted by molar-refractivity contribution is 0.120. The Morgan fingerprint density at radius 1 is 1.58 bits per heavy atom. The van der Waals surface area contributed by atoms with Gasteiger partial charge in [-0.15, -0.1) is 6.42 Å². The van der Waals surface area contributed by atoms with Crippen molar-refractivity contribution >= 4 is 0 Å². The van der Waals surface area contributed by atoms with Crippen molar-refractivity contribution in [2.24, 2.45) is 0 Å². The first kappa shape index (κ1) is 9.57. The molecule has 0 saturated carbocycles. The third-order valence-electron chi connectivity index (χ3n) is 2.82. The minimum absolute atomic E-state index is 0.268. The van der Waals surface area contributed by atoms with Crippen LogP contribution < -0.4 is 5.32 Å². The number of terminal acetylenes is 1. The van der Waals surface area contributed by atoms with Gasteiger partial charge in [-0.1, -0.05) is 5.92 Å². The summed E-state index contributed by atoms with van der Waals surface area (Å²) in [7, 11) is 0. The molecule has 1 fully saturated rings. The van der Waals surface area contributed by atoms with Gasteiger partial charge in [0, 0.05) is 25.2 Å². The smallest absolute Gasteiger partial charge is 0.0686 e. The molecule has 2 heteroatoms. The van der Waals surface area contributed by atoms with Crippen molar-refractivity contribution in [3.05, 3.63) is 0 Å². The molecule has 0 amide bonds. The summed E-state index contributed by atoms with van der Waals surface area (Å²) in [5, 5.41) is 3.43. The maximum absolute atomic E-state index is 5.40. The number of nitrogens with zero attached hydrogens (tertiary/aromatic N) is 1. The van der Waals surface area contributed by atoms with Gasteiger partial charge in [0.1, 0.15) is 0 Å². The van der Waals surface area contributed by atoms with Crippen LogP contribution in [0.15, 0.2) is 0 Å². The number of rotatable bonds is 1. The highest BCUT2D eigenvalue weighted by Crippen LogP contribution is 2.11. The van der Waals surface area contributed by atoms with Crippen LogP contribution in [-0.4, -0.2) is 36.1 Å². The highest BCUT2D eigenvalue weighted by molar-refractivity contribution is 5.01. The van der Waals surface area contributed by atoms with Crippen molar-refractivity contribution in [1.82, 2.24) is 10.2 Å². The fourth-order valence-electron chi connectivity index (χ4n) is 1.72. The van der Waals surface area contributed by atoms with Gasteiger partial charge in [-0.3, -0.25) is 4.90 Å². The fraction of sp³-hybridized carbons (Fsp3) is 0.800. The Morgan fingerprint density at radius 2 is 2.25 bits per heavy atom. The second kappa shape index (κ2) is 3.93. The molecule has 0 aromatic carbocycles. The summed E-state index contributed by atoms with van der Waals surface area (Å²) in [6.07, 6.45) is 5.40. The minimum Gasteiger partial charge on any atom is -0.311 e. The Hall–Kier alpha value is -0.520. The molecule has 1 aliphatic rings. The summed E-state index contributed by atoms with van der Waals surface area (Å²) < 4.78 is 0. The molecule has 3 unspecified atom stereocenters. The highest BCUT2D eigenvalue weighted by atomic mass is 15.2. The Kier molecular flexibility index (Phi) is 3.13. The number of nitrogens with one attached hydrogen (secondary N) is 1. The Bertz CT molecular complexity index is 183. The van der Waals surface area contributed by atoms with E-state index in [2.05, 4.69) is 36.9 Å². The van der Waals surface area contributed by atoms with Gasteiger partial charge in [0.25, 0.3) is 0 Å². The average molecular weight is 166 g/mol. The molecule has 0 aromatic heterocycles. The molecule has 0 radical (unpaired) electrons. The molecule has 1 N–H and O–H groups in total. The zero-order valence-corrected chi connectivity index (χ0v) is 8.17. The number of piperazine rings is 1. The Labute approximate surface area is 75.3 Å². The van der Waals surface area contributed by atoms with Crippen LogP contribution in [0.25, 0.3) is 0 Å².